The molecule has 0 unspecified atom stereocenters. The maximum absolute atomic E-state index is 12.0. The molecule has 2 aromatic rings. The molecule has 0 aliphatic heterocycles. The Bertz CT molecular complexity index is 765. The molecule has 4 rings (SSSR count). The Morgan fingerprint density at radius 3 is 2.77 bits per heavy atom. The summed E-state index contributed by atoms with van der Waals surface area (Å²) in [5.74, 6) is 2.57. The van der Waals surface area contributed by atoms with E-state index in [1.54, 1.807) is 0 Å². The number of aromatic nitrogens is 1. The van der Waals surface area contributed by atoms with Gasteiger partial charge in [-0.3, -0.25) is 4.79 Å². The topological polar surface area (TPSA) is 64.4 Å². The molecule has 2 atom stereocenters. The van der Waals surface area contributed by atoms with E-state index in [4.69, 9.17) is 9.26 Å². The molecule has 1 amide bonds. The Hall–Kier alpha value is -2.30. The molecule has 0 radical (unpaired) electrons. The molecule has 0 saturated heterocycles. The van der Waals surface area contributed by atoms with Crippen LogP contribution in [0, 0.1) is 17.3 Å². The lowest BCUT2D eigenvalue weighted by atomic mass is 9.57. The molecule has 5 nitrogen and oxygen atoms in total. The number of hydrogen-bond acceptors (Lipinski definition) is 4. The van der Waals surface area contributed by atoms with Gasteiger partial charge < -0.3 is 14.6 Å². The van der Waals surface area contributed by atoms with Crippen molar-refractivity contribution in [1.29, 1.82) is 0 Å². The van der Waals surface area contributed by atoms with Crippen molar-refractivity contribution in [3.05, 3.63) is 47.9 Å². The highest BCUT2D eigenvalue weighted by atomic mass is 16.5. The van der Waals surface area contributed by atoms with Gasteiger partial charge in [-0.25, -0.2) is 0 Å². The zero-order valence-electron chi connectivity index (χ0n) is 15.4. The van der Waals surface area contributed by atoms with Crippen molar-refractivity contribution in [3.8, 4) is 5.75 Å². The number of nitrogens with zero attached hydrogens (tertiary/aromatic N) is 1. The third kappa shape index (κ3) is 3.62. The fourth-order valence-electron chi connectivity index (χ4n) is 3.69. The molecule has 1 aromatic carbocycles. The largest absolute Gasteiger partial charge is 0.486 e. The maximum Gasteiger partial charge on any atom is 0.223 e. The van der Waals surface area contributed by atoms with Gasteiger partial charge in [-0.1, -0.05) is 37.2 Å². The second kappa shape index (κ2) is 6.78. The van der Waals surface area contributed by atoms with E-state index in [2.05, 4.69) is 24.3 Å². The van der Waals surface area contributed by atoms with Gasteiger partial charge in [0.1, 0.15) is 12.4 Å². The van der Waals surface area contributed by atoms with E-state index in [1.807, 2.05) is 36.4 Å². The molecule has 2 aliphatic carbocycles. The van der Waals surface area contributed by atoms with Gasteiger partial charge >= 0.3 is 0 Å². The van der Waals surface area contributed by atoms with Crippen LogP contribution in [0.1, 0.15) is 44.6 Å². The molecule has 138 valence electrons. The van der Waals surface area contributed by atoms with Gasteiger partial charge in [0.15, 0.2) is 5.76 Å². The van der Waals surface area contributed by atoms with Crippen LogP contribution < -0.4 is 10.1 Å². The van der Waals surface area contributed by atoms with E-state index in [9.17, 15) is 4.79 Å². The molecule has 0 spiro atoms. The molecule has 1 heterocycles. The quantitative estimate of drug-likeness (QED) is 0.823. The Balaban J connectivity index is 1.28. The number of carbonyl (C=O) groups excluding carboxylic acids is 1. The number of hydrogen-bond donors (Lipinski definition) is 1. The molecule has 2 fully saturated rings. The lowest BCUT2D eigenvalue weighted by Crippen LogP contribution is -2.59. The van der Waals surface area contributed by atoms with Crippen molar-refractivity contribution >= 4 is 5.91 Å². The van der Waals surface area contributed by atoms with Crippen LogP contribution in [-0.2, 0) is 17.8 Å². The van der Waals surface area contributed by atoms with Crippen LogP contribution in [0.5, 0.6) is 5.75 Å². The maximum atomic E-state index is 12.0. The molecule has 2 aliphatic rings. The van der Waals surface area contributed by atoms with Crippen LogP contribution in [0.2, 0.25) is 0 Å². The summed E-state index contributed by atoms with van der Waals surface area (Å²) in [6.07, 6.45) is 3.98. The number of rotatable bonds is 7. The van der Waals surface area contributed by atoms with Gasteiger partial charge in [-0.05, 0) is 49.1 Å². The molecule has 1 N–H and O–H groups in total. The van der Waals surface area contributed by atoms with Crippen LogP contribution in [-0.4, -0.2) is 17.1 Å². The van der Waals surface area contributed by atoms with Crippen molar-refractivity contribution in [3.63, 3.8) is 0 Å². The third-order valence-electron chi connectivity index (χ3n) is 5.92. The number of para-hydroxylation sites is 1. The van der Waals surface area contributed by atoms with E-state index in [0.717, 1.165) is 42.9 Å². The minimum atomic E-state index is 0.0875. The fraction of sp³-hybridized carbons (Fsp3) is 0.524. The predicted octanol–water partition coefficient (Wildman–Crippen LogP) is 3.74. The number of benzene rings is 1. The van der Waals surface area contributed by atoms with E-state index in [1.165, 1.54) is 0 Å². The number of nitrogens with one attached hydrogen (secondary N) is 1. The lowest BCUT2D eigenvalue weighted by molar-refractivity contribution is -0.126. The minimum Gasteiger partial charge on any atom is -0.486 e. The van der Waals surface area contributed by atoms with Gasteiger partial charge in [0.2, 0.25) is 5.91 Å². The highest BCUT2D eigenvalue weighted by molar-refractivity contribution is 5.81. The van der Waals surface area contributed by atoms with Crippen LogP contribution >= 0.6 is 0 Å². The normalized spacial score (nSPS) is 23.9. The first kappa shape index (κ1) is 17.1. The summed E-state index contributed by atoms with van der Waals surface area (Å²) in [4.78, 5) is 12.0. The second-order valence-electron chi connectivity index (χ2n) is 8.18. The zero-order valence-corrected chi connectivity index (χ0v) is 15.4. The van der Waals surface area contributed by atoms with Crippen LogP contribution in [0.15, 0.2) is 40.9 Å². The molecule has 2 saturated carbocycles. The van der Waals surface area contributed by atoms with Gasteiger partial charge in [-0.2, -0.15) is 0 Å². The summed E-state index contributed by atoms with van der Waals surface area (Å²) in [5, 5.41) is 7.42. The van der Waals surface area contributed by atoms with Gasteiger partial charge in [0.25, 0.3) is 0 Å². The summed E-state index contributed by atoms with van der Waals surface area (Å²) in [6, 6.07) is 11.9. The first-order valence-electron chi connectivity index (χ1n) is 9.45. The second-order valence-corrected chi connectivity index (χ2v) is 8.18. The SMILES string of the molecule is CC1(C)[C@H](Cc2cc(COc3ccccc3)on2)C[C@@H]1NC(=O)C1CC1. The van der Waals surface area contributed by atoms with Gasteiger partial charge in [0.05, 0.1) is 5.69 Å². The Morgan fingerprint density at radius 1 is 1.31 bits per heavy atom. The Labute approximate surface area is 154 Å². The average molecular weight is 354 g/mol. The van der Waals surface area contributed by atoms with Crippen LogP contribution in [0.25, 0.3) is 0 Å². The van der Waals surface area contributed by atoms with Crippen LogP contribution in [0.4, 0.5) is 0 Å². The highest BCUT2D eigenvalue weighted by Gasteiger charge is 2.49. The highest BCUT2D eigenvalue weighted by Crippen LogP contribution is 2.48. The van der Waals surface area contributed by atoms with E-state index >= 15 is 0 Å². The Kier molecular flexibility index (Phi) is 4.47. The van der Waals surface area contributed by atoms with E-state index in [-0.39, 0.29) is 23.3 Å². The molecular weight excluding hydrogens is 328 g/mol. The standard InChI is InChI=1S/C21H26N2O3/c1-21(2)15(11-19(21)22-20(24)14-8-9-14)10-16-12-18(26-23-16)13-25-17-6-4-3-5-7-17/h3-7,12,14-15,19H,8-11,13H2,1-2H3,(H,22,24)/t15-,19+/m1/s1. The molecule has 0 bridgehead atoms. The van der Waals surface area contributed by atoms with Gasteiger partial charge in [0, 0.05) is 18.0 Å². The molecule has 5 heteroatoms. The average Bonchev–Trinajstić information content (AvgIpc) is 3.40. The number of carbonyl (C=O) groups is 1. The minimum absolute atomic E-state index is 0.0875. The summed E-state index contributed by atoms with van der Waals surface area (Å²) in [7, 11) is 0. The Morgan fingerprint density at radius 2 is 2.08 bits per heavy atom. The molecule has 26 heavy (non-hydrogen) atoms. The fourth-order valence-corrected chi connectivity index (χ4v) is 3.69. The van der Waals surface area contributed by atoms with E-state index < -0.39 is 0 Å². The summed E-state index contributed by atoms with van der Waals surface area (Å²) >= 11 is 0. The molecular formula is C21H26N2O3. The van der Waals surface area contributed by atoms with Gasteiger partial charge in [-0.15, -0.1) is 0 Å². The summed E-state index contributed by atoms with van der Waals surface area (Å²) < 4.78 is 11.1. The lowest BCUT2D eigenvalue weighted by Gasteiger charge is -2.52. The first-order valence-corrected chi connectivity index (χ1v) is 9.45. The third-order valence-corrected chi connectivity index (χ3v) is 5.92. The van der Waals surface area contributed by atoms with Crippen molar-refractivity contribution < 1.29 is 14.1 Å². The summed E-state index contributed by atoms with van der Waals surface area (Å²) in [5.41, 5.74) is 1.05. The van der Waals surface area contributed by atoms with Crippen LogP contribution in [0.3, 0.4) is 0 Å². The van der Waals surface area contributed by atoms with Crippen molar-refractivity contribution in [2.24, 2.45) is 17.3 Å². The number of ether oxygens (including phenoxy) is 1. The predicted molar refractivity (Wildman–Crippen MR) is 97.5 cm³/mol. The molecule has 1 aromatic heterocycles. The van der Waals surface area contributed by atoms with E-state index in [0.29, 0.717) is 12.5 Å². The summed E-state index contributed by atoms with van der Waals surface area (Å²) in [6.45, 7) is 4.85. The van der Waals surface area contributed by atoms with Crippen molar-refractivity contribution in [2.75, 3.05) is 0 Å². The van der Waals surface area contributed by atoms with Crippen molar-refractivity contribution in [2.45, 2.75) is 52.2 Å². The number of amides is 1. The zero-order chi connectivity index (χ0) is 18.1. The first-order chi connectivity index (χ1) is 12.5. The smallest absolute Gasteiger partial charge is 0.223 e. The van der Waals surface area contributed by atoms with Crippen molar-refractivity contribution in [1.82, 2.24) is 10.5 Å². The monoisotopic (exact) mass is 354 g/mol.